The number of anilines is 1. The highest BCUT2D eigenvalue weighted by molar-refractivity contribution is 7.16. The second-order valence-electron chi connectivity index (χ2n) is 6.89. The van der Waals surface area contributed by atoms with Gasteiger partial charge in [0, 0.05) is 32.6 Å². The van der Waals surface area contributed by atoms with Crippen LogP contribution in [0.4, 0.5) is 5.82 Å². The van der Waals surface area contributed by atoms with Crippen LogP contribution in [-0.4, -0.2) is 61.2 Å². The van der Waals surface area contributed by atoms with E-state index in [2.05, 4.69) is 20.9 Å². The highest BCUT2D eigenvalue weighted by Crippen LogP contribution is 2.29. The summed E-state index contributed by atoms with van der Waals surface area (Å²) in [5.41, 5.74) is 1.07. The highest BCUT2D eigenvalue weighted by Gasteiger charge is 2.23. The van der Waals surface area contributed by atoms with Crippen LogP contribution in [-0.2, 0) is 11.2 Å². The summed E-state index contributed by atoms with van der Waals surface area (Å²) in [6.45, 7) is 2.98. The van der Waals surface area contributed by atoms with Gasteiger partial charge in [0.25, 0.3) is 0 Å². The number of thiophene rings is 1. The summed E-state index contributed by atoms with van der Waals surface area (Å²) in [5, 5.41) is 3.13. The molecule has 3 aromatic rings. The molecule has 1 saturated heterocycles. The number of piperazine rings is 1. The van der Waals surface area contributed by atoms with Crippen molar-refractivity contribution >= 4 is 33.3 Å². The maximum Gasteiger partial charge on any atom is 0.223 e. The molecule has 1 aliphatic heterocycles. The van der Waals surface area contributed by atoms with Gasteiger partial charge in [-0.05, 0) is 35.6 Å². The SMILES string of the molecule is COc1ccc(CCC(=O)N2CCN(c3ncnc4sccc34)CC2)cc1OC. The molecule has 0 N–H and O–H groups in total. The number of carbonyl (C=O) groups excluding carboxylic acids is 1. The van der Waals surface area contributed by atoms with Crippen LogP contribution in [0.1, 0.15) is 12.0 Å². The fourth-order valence-corrected chi connectivity index (χ4v) is 4.37. The second-order valence-corrected chi connectivity index (χ2v) is 7.79. The first-order valence-electron chi connectivity index (χ1n) is 9.61. The zero-order valence-electron chi connectivity index (χ0n) is 16.6. The molecule has 2 aromatic heterocycles. The van der Waals surface area contributed by atoms with E-state index in [1.54, 1.807) is 31.9 Å². The standard InChI is InChI=1S/C21H24N4O3S/c1-27-17-5-3-15(13-18(17)28-2)4-6-19(26)24-8-10-25(11-9-24)20-16-7-12-29-21(16)23-14-22-20/h3,5,7,12-14H,4,6,8-11H2,1-2H3. The zero-order valence-corrected chi connectivity index (χ0v) is 17.4. The van der Waals surface area contributed by atoms with Crippen molar-refractivity contribution in [2.75, 3.05) is 45.3 Å². The molecule has 8 heteroatoms. The number of fused-ring (bicyclic) bond motifs is 1. The van der Waals surface area contributed by atoms with Crippen molar-refractivity contribution in [1.82, 2.24) is 14.9 Å². The molecule has 3 heterocycles. The minimum Gasteiger partial charge on any atom is -0.493 e. The fraction of sp³-hybridized carbons (Fsp3) is 0.381. The minimum absolute atomic E-state index is 0.183. The first kappa shape index (κ1) is 19.4. The average molecular weight is 413 g/mol. The molecule has 29 heavy (non-hydrogen) atoms. The lowest BCUT2D eigenvalue weighted by atomic mass is 10.1. The number of aryl methyl sites for hydroxylation is 1. The van der Waals surface area contributed by atoms with Crippen LogP contribution < -0.4 is 14.4 Å². The van der Waals surface area contributed by atoms with E-state index in [0.717, 1.165) is 34.7 Å². The summed E-state index contributed by atoms with van der Waals surface area (Å²) in [4.78, 5) is 26.7. The number of rotatable bonds is 6. The Morgan fingerprint density at radius 3 is 2.62 bits per heavy atom. The summed E-state index contributed by atoms with van der Waals surface area (Å²) >= 11 is 1.62. The summed E-state index contributed by atoms with van der Waals surface area (Å²) in [7, 11) is 3.24. The third-order valence-electron chi connectivity index (χ3n) is 5.25. The van der Waals surface area contributed by atoms with Crippen LogP contribution in [0, 0.1) is 0 Å². The molecule has 0 bridgehead atoms. The van der Waals surface area contributed by atoms with Crippen molar-refractivity contribution in [2.24, 2.45) is 0 Å². The van der Waals surface area contributed by atoms with Crippen LogP contribution in [0.25, 0.3) is 10.2 Å². The predicted molar refractivity (Wildman–Crippen MR) is 114 cm³/mol. The van der Waals surface area contributed by atoms with E-state index in [1.807, 2.05) is 28.5 Å². The maximum absolute atomic E-state index is 12.7. The topological polar surface area (TPSA) is 67.8 Å². The van der Waals surface area contributed by atoms with Gasteiger partial charge in [-0.3, -0.25) is 4.79 Å². The number of amides is 1. The average Bonchev–Trinajstić information content (AvgIpc) is 3.26. The van der Waals surface area contributed by atoms with Gasteiger partial charge < -0.3 is 19.3 Å². The number of carbonyl (C=O) groups is 1. The molecule has 1 aliphatic rings. The van der Waals surface area contributed by atoms with Crippen molar-refractivity contribution in [3.63, 3.8) is 0 Å². The fourth-order valence-electron chi connectivity index (χ4n) is 3.64. The van der Waals surface area contributed by atoms with Crippen LogP contribution in [0.2, 0.25) is 0 Å². The first-order chi connectivity index (χ1) is 14.2. The van der Waals surface area contributed by atoms with Gasteiger partial charge in [0.2, 0.25) is 5.91 Å². The van der Waals surface area contributed by atoms with Gasteiger partial charge in [0.05, 0.1) is 19.6 Å². The monoisotopic (exact) mass is 412 g/mol. The number of hydrogen-bond donors (Lipinski definition) is 0. The molecule has 7 nitrogen and oxygen atoms in total. The van der Waals surface area contributed by atoms with Gasteiger partial charge in [-0.15, -0.1) is 11.3 Å². The summed E-state index contributed by atoms with van der Waals surface area (Å²) < 4.78 is 10.6. The molecule has 152 valence electrons. The lowest BCUT2D eigenvalue weighted by molar-refractivity contribution is -0.131. The van der Waals surface area contributed by atoms with E-state index >= 15 is 0 Å². The van der Waals surface area contributed by atoms with E-state index in [-0.39, 0.29) is 5.91 Å². The lowest BCUT2D eigenvalue weighted by Crippen LogP contribution is -2.49. The van der Waals surface area contributed by atoms with E-state index in [0.29, 0.717) is 37.4 Å². The summed E-state index contributed by atoms with van der Waals surface area (Å²) in [6, 6.07) is 7.86. The van der Waals surface area contributed by atoms with Gasteiger partial charge in [-0.2, -0.15) is 0 Å². The molecule has 0 aliphatic carbocycles. The summed E-state index contributed by atoms with van der Waals surface area (Å²) in [5.74, 6) is 2.54. The van der Waals surface area contributed by atoms with Crippen LogP contribution in [0.5, 0.6) is 11.5 Å². The van der Waals surface area contributed by atoms with Crippen molar-refractivity contribution in [1.29, 1.82) is 0 Å². The molecular weight excluding hydrogens is 388 g/mol. The Hall–Kier alpha value is -2.87. The third kappa shape index (κ3) is 4.12. The zero-order chi connectivity index (χ0) is 20.2. The van der Waals surface area contributed by atoms with Crippen LogP contribution in [0.15, 0.2) is 36.0 Å². The molecule has 1 aromatic carbocycles. The molecule has 0 saturated carbocycles. The van der Waals surface area contributed by atoms with Crippen molar-refractivity contribution in [3.05, 3.63) is 41.5 Å². The molecule has 1 amide bonds. The van der Waals surface area contributed by atoms with E-state index in [1.165, 1.54) is 0 Å². The first-order valence-corrected chi connectivity index (χ1v) is 10.5. The Morgan fingerprint density at radius 2 is 1.86 bits per heavy atom. The summed E-state index contributed by atoms with van der Waals surface area (Å²) in [6.07, 6.45) is 2.79. The molecule has 4 rings (SSSR count). The normalized spacial score (nSPS) is 14.3. The number of aromatic nitrogens is 2. The smallest absolute Gasteiger partial charge is 0.223 e. The number of methoxy groups -OCH3 is 2. The number of nitrogens with zero attached hydrogens (tertiary/aromatic N) is 4. The highest BCUT2D eigenvalue weighted by atomic mass is 32.1. The van der Waals surface area contributed by atoms with Crippen molar-refractivity contribution in [3.8, 4) is 11.5 Å². The molecule has 0 radical (unpaired) electrons. The quantitative estimate of drug-likeness (QED) is 0.620. The predicted octanol–water partition coefficient (Wildman–Crippen LogP) is 2.99. The van der Waals surface area contributed by atoms with Gasteiger partial charge in [-0.1, -0.05) is 6.07 Å². The van der Waals surface area contributed by atoms with Crippen LogP contribution >= 0.6 is 11.3 Å². The third-order valence-corrected chi connectivity index (χ3v) is 6.07. The van der Waals surface area contributed by atoms with Gasteiger partial charge in [-0.25, -0.2) is 9.97 Å². The Balaban J connectivity index is 1.33. The molecule has 0 unspecified atom stereocenters. The van der Waals surface area contributed by atoms with Crippen LogP contribution in [0.3, 0.4) is 0 Å². The van der Waals surface area contributed by atoms with E-state index in [9.17, 15) is 4.79 Å². The lowest BCUT2D eigenvalue weighted by Gasteiger charge is -2.35. The molecule has 0 atom stereocenters. The second kappa shape index (κ2) is 8.65. The maximum atomic E-state index is 12.7. The van der Waals surface area contributed by atoms with Crippen molar-refractivity contribution < 1.29 is 14.3 Å². The van der Waals surface area contributed by atoms with Crippen molar-refractivity contribution in [2.45, 2.75) is 12.8 Å². The van der Waals surface area contributed by atoms with Gasteiger partial charge in [0.15, 0.2) is 11.5 Å². The largest absolute Gasteiger partial charge is 0.493 e. The van der Waals surface area contributed by atoms with E-state index < -0.39 is 0 Å². The molecule has 1 fully saturated rings. The van der Waals surface area contributed by atoms with Gasteiger partial charge in [0.1, 0.15) is 17.0 Å². The Morgan fingerprint density at radius 1 is 1.07 bits per heavy atom. The number of ether oxygens (including phenoxy) is 2. The number of hydrogen-bond acceptors (Lipinski definition) is 7. The number of benzene rings is 1. The minimum atomic E-state index is 0.183. The Kier molecular flexibility index (Phi) is 5.80. The van der Waals surface area contributed by atoms with Gasteiger partial charge >= 0.3 is 0 Å². The molecular formula is C21H24N4O3S. The molecule has 0 spiro atoms. The Bertz CT molecular complexity index is 999. The Labute approximate surface area is 173 Å². The van der Waals surface area contributed by atoms with E-state index in [4.69, 9.17) is 9.47 Å².